The summed E-state index contributed by atoms with van der Waals surface area (Å²) in [5.74, 6) is -1.97. The summed E-state index contributed by atoms with van der Waals surface area (Å²) >= 11 is 2.99. The van der Waals surface area contributed by atoms with Gasteiger partial charge in [-0.15, -0.1) is 0 Å². The zero-order chi connectivity index (χ0) is 12.3. The molecule has 2 nitrogen and oxygen atoms in total. The second kappa shape index (κ2) is 4.82. The minimum absolute atomic E-state index is 0.408. The lowest BCUT2D eigenvalue weighted by molar-refractivity contribution is -0.123. The molecule has 0 atom stereocenters. The van der Waals surface area contributed by atoms with Gasteiger partial charge in [0, 0.05) is 4.47 Å². The molecule has 88 valence electrons. The maximum Gasteiger partial charge on any atom is 0.405 e. The van der Waals surface area contributed by atoms with E-state index < -0.39 is 30.0 Å². The second-order valence-corrected chi connectivity index (χ2v) is 3.84. The maximum absolute atomic E-state index is 13.1. The van der Waals surface area contributed by atoms with Gasteiger partial charge in [0.1, 0.15) is 12.4 Å². The molecule has 0 aliphatic carbocycles. The SMILES string of the molecule is O=C(NCC(F)(F)F)c1cc(Br)ccc1F. The number of carbonyl (C=O) groups is 1. The number of rotatable bonds is 2. The van der Waals surface area contributed by atoms with E-state index in [2.05, 4.69) is 15.9 Å². The van der Waals surface area contributed by atoms with Crippen molar-refractivity contribution >= 4 is 21.8 Å². The minimum atomic E-state index is -4.52. The van der Waals surface area contributed by atoms with Crippen molar-refractivity contribution in [1.29, 1.82) is 0 Å². The quantitative estimate of drug-likeness (QED) is 0.836. The zero-order valence-corrected chi connectivity index (χ0v) is 9.32. The van der Waals surface area contributed by atoms with Gasteiger partial charge in [0.25, 0.3) is 5.91 Å². The van der Waals surface area contributed by atoms with Crippen molar-refractivity contribution in [3.63, 3.8) is 0 Å². The van der Waals surface area contributed by atoms with Gasteiger partial charge in [-0.1, -0.05) is 15.9 Å². The molecular weight excluding hydrogens is 294 g/mol. The zero-order valence-electron chi connectivity index (χ0n) is 7.74. The average Bonchev–Trinajstić information content (AvgIpc) is 2.17. The van der Waals surface area contributed by atoms with E-state index in [1.807, 2.05) is 0 Å². The van der Waals surface area contributed by atoms with Gasteiger partial charge >= 0.3 is 6.18 Å². The van der Waals surface area contributed by atoms with Crippen molar-refractivity contribution in [3.05, 3.63) is 34.1 Å². The van der Waals surface area contributed by atoms with Gasteiger partial charge in [-0.05, 0) is 18.2 Å². The van der Waals surface area contributed by atoms with Crippen LogP contribution in [0.3, 0.4) is 0 Å². The van der Waals surface area contributed by atoms with Gasteiger partial charge in [-0.3, -0.25) is 4.79 Å². The van der Waals surface area contributed by atoms with E-state index in [0.717, 1.165) is 12.1 Å². The van der Waals surface area contributed by atoms with Crippen LogP contribution < -0.4 is 5.32 Å². The normalized spacial score (nSPS) is 11.3. The van der Waals surface area contributed by atoms with E-state index in [0.29, 0.717) is 4.47 Å². The monoisotopic (exact) mass is 299 g/mol. The standard InChI is InChI=1S/C9H6BrF4NO/c10-5-1-2-7(11)6(3-5)8(16)15-4-9(12,13)14/h1-3H,4H2,(H,15,16). The molecule has 0 aliphatic heterocycles. The van der Waals surface area contributed by atoms with E-state index >= 15 is 0 Å². The van der Waals surface area contributed by atoms with E-state index in [1.54, 1.807) is 5.32 Å². The highest BCUT2D eigenvalue weighted by atomic mass is 79.9. The summed E-state index contributed by atoms with van der Waals surface area (Å²) in [5, 5.41) is 1.58. The van der Waals surface area contributed by atoms with Crippen LogP contribution in [0.5, 0.6) is 0 Å². The number of benzene rings is 1. The van der Waals surface area contributed by atoms with E-state index in [4.69, 9.17) is 0 Å². The minimum Gasteiger partial charge on any atom is -0.343 e. The molecule has 7 heteroatoms. The van der Waals surface area contributed by atoms with Crippen molar-refractivity contribution in [2.75, 3.05) is 6.54 Å². The van der Waals surface area contributed by atoms with Crippen LogP contribution in [0, 0.1) is 5.82 Å². The number of nitrogens with one attached hydrogen (secondary N) is 1. The second-order valence-electron chi connectivity index (χ2n) is 2.92. The molecule has 1 amide bonds. The molecule has 1 N–H and O–H groups in total. The predicted molar refractivity (Wildman–Crippen MR) is 52.5 cm³/mol. The Kier molecular flexibility index (Phi) is 3.90. The highest BCUT2D eigenvalue weighted by molar-refractivity contribution is 9.10. The Bertz CT molecular complexity index is 405. The van der Waals surface area contributed by atoms with Gasteiger partial charge in [-0.2, -0.15) is 13.2 Å². The Morgan fingerprint density at radius 2 is 2.00 bits per heavy atom. The number of halogens is 5. The van der Waals surface area contributed by atoms with Gasteiger partial charge in [-0.25, -0.2) is 4.39 Å². The summed E-state index contributed by atoms with van der Waals surface area (Å²) in [6, 6.07) is 3.45. The summed E-state index contributed by atoms with van der Waals surface area (Å²) in [4.78, 5) is 11.2. The number of alkyl halides is 3. The topological polar surface area (TPSA) is 29.1 Å². The highest BCUT2D eigenvalue weighted by Gasteiger charge is 2.28. The van der Waals surface area contributed by atoms with Crippen LogP contribution in [0.25, 0.3) is 0 Å². The fraction of sp³-hybridized carbons (Fsp3) is 0.222. The Balaban J connectivity index is 2.77. The number of carbonyl (C=O) groups excluding carboxylic acids is 1. The van der Waals surface area contributed by atoms with E-state index in [1.165, 1.54) is 6.07 Å². The van der Waals surface area contributed by atoms with Crippen molar-refractivity contribution in [2.24, 2.45) is 0 Å². The van der Waals surface area contributed by atoms with Crippen molar-refractivity contribution in [1.82, 2.24) is 5.32 Å². The maximum atomic E-state index is 13.1. The van der Waals surface area contributed by atoms with Crippen LogP contribution in [0.1, 0.15) is 10.4 Å². The lowest BCUT2D eigenvalue weighted by Gasteiger charge is -2.08. The Morgan fingerprint density at radius 1 is 1.38 bits per heavy atom. The molecule has 0 saturated carbocycles. The van der Waals surface area contributed by atoms with Crippen LogP contribution in [-0.2, 0) is 0 Å². The molecule has 16 heavy (non-hydrogen) atoms. The van der Waals surface area contributed by atoms with Crippen LogP contribution in [0.4, 0.5) is 17.6 Å². The molecule has 1 aromatic carbocycles. The molecule has 1 rings (SSSR count). The largest absolute Gasteiger partial charge is 0.405 e. The van der Waals surface area contributed by atoms with Gasteiger partial charge in [0.2, 0.25) is 0 Å². The van der Waals surface area contributed by atoms with Gasteiger partial charge in [0.15, 0.2) is 0 Å². The lowest BCUT2D eigenvalue weighted by atomic mass is 10.2. The lowest BCUT2D eigenvalue weighted by Crippen LogP contribution is -2.34. The van der Waals surface area contributed by atoms with E-state index in [-0.39, 0.29) is 0 Å². The fourth-order valence-corrected chi connectivity index (χ4v) is 1.31. The first-order valence-corrected chi connectivity index (χ1v) is 4.89. The Morgan fingerprint density at radius 3 is 2.56 bits per heavy atom. The van der Waals surface area contributed by atoms with Crippen LogP contribution >= 0.6 is 15.9 Å². The highest BCUT2D eigenvalue weighted by Crippen LogP contribution is 2.16. The molecule has 0 fully saturated rings. The molecule has 0 bridgehead atoms. The number of hydrogen-bond donors (Lipinski definition) is 1. The number of hydrogen-bond acceptors (Lipinski definition) is 1. The molecule has 0 saturated heterocycles. The van der Waals surface area contributed by atoms with Crippen molar-refractivity contribution in [3.8, 4) is 0 Å². The molecule has 0 unspecified atom stereocenters. The van der Waals surface area contributed by atoms with Gasteiger partial charge < -0.3 is 5.32 Å². The summed E-state index contributed by atoms with van der Waals surface area (Å²) in [5.41, 5.74) is -0.432. The summed E-state index contributed by atoms with van der Waals surface area (Å²) in [6.45, 7) is -1.49. The van der Waals surface area contributed by atoms with Crippen LogP contribution in [0.15, 0.2) is 22.7 Å². The van der Waals surface area contributed by atoms with Crippen LogP contribution in [0.2, 0.25) is 0 Å². The molecule has 0 radical (unpaired) electrons. The molecule has 0 aliphatic rings. The number of amides is 1. The molecule has 1 aromatic rings. The summed E-state index contributed by atoms with van der Waals surface area (Å²) in [6.07, 6.45) is -4.52. The third-order valence-corrected chi connectivity index (χ3v) is 2.12. The molecule has 0 heterocycles. The molecular formula is C9H6BrF4NO. The Labute approximate surface area is 96.8 Å². The first-order valence-electron chi connectivity index (χ1n) is 4.09. The third kappa shape index (κ3) is 3.80. The molecule has 0 spiro atoms. The van der Waals surface area contributed by atoms with Gasteiger partial charge in [0.05, 0.1) is 5.56 Å². The van der Waals surface area contributed by atoms with Crippen molar-refractivity contribution < 1.29 is 22.4 Å². The van der Waals surface area contributed by atoms with E-state index in [9.17, 15) is 22.4 Å². The smallest absolute Gasteiger partial charge is 0.343 e. The third-order valence-electron chi connectivity index (χ3n) is 1.62. The summed E-state index contributed by atoms with van der Waals surface area (Å²) in [7, 11) is 0. The van der Waals surface area contributed by atoms with Crippen LogP contribution in [-0.4, -0.2) is 18.6 Å². The first-order chi connectivity index (χ1) is 7.29. The fourth-order valence-electron chi connectivity index (χ4n) is 0.947. The van der Waals surface area contributed by atoms with Crippen molar-refractivity contribution in [2.45, 2.75) is 6.18 Å². The first kappa shape index (κ1) is 13.0. The predicted octanol–water partition coefficient (Wildman–Crippen LogP) is 2.88. The average molecular weight is 300 g/mol. The summed E-state index contributed by atoms with van der Waals surface area (Å²) < 4.78 is 48.9. The Hall–Kier alpha value is -1.11. The molecule has 0 aromatic heterocycles.